The lowest BCUT2D eigenvalue weighted by atomic mass is 10.2. The van der Waals surface area contributed by atoms with Crippen molar-refractivity contribution in [3.05, 3.63) is 47.4 Å². The van der Waals surface area contributed by atoms with Crippen LogP contribution in [0.25, 0.3) is 11.5 Å². The van der Waals surface area contributed by atoms with Gasteiger partial charge in [-0.15, -0.1) is 0 Å². The van der Waals surface area contributed by atoms with Gasteiger partial charge in [0.2, 0.25) is 11.9 Å². The molecule has 0 aromatic carbocycles. The molecule has 0 bridgehead atoms. The average molecular weight is 410 g/mol. The monoisotopic (exact) mass is 409 g/mol. The van der Waals surface area contributed by atoms with E-state index in [4.69, 9.17) is 11.6 Å². The number of hydrogen-bond donors (Lipinski definition) is 2. The van der Waals surface area contributed by atoms with Crippen molar-refractivity contribution in [2.45, 2.75) is 26.1 Å². The largest absolute Gasteiger partial charge is 0.417 e. The first-order valence-electron chi connectivity index (χ1n) is 8.15. The second-order valence-corrected chi connectivity index (χ2v) is 6.42. The normalized spacial score (nSPS) is 11.5. The molecule has 0 unspecified atom stereocenters. The Morgan fingerprint density at radius 3 is 2.43 bits per heavy atom. The van der Waals surface area contributed by atoms with Crippen LogP contribution in [-0.4, -0.2) is 31.0 Å². The van der Waals surface area contributed by atoms with Crippen molar-refractivity contribution in [2.24, 2.45) is 0 Å². The summed E-state index contributed by atoms with van der Waals surface area (Å²) in [6.07, 6.45) is -2.53. The van der Waals surface area contributed by atoms with E-state index in [0.29, 0.717) is 5.69 Å². The van der Waals surface area contributed by atoms with Gasteiger partial charge in [-0.2, -0.15) is 28.1 Å². The van der Waals surface area contributed by atoms with Crippen LogP contribution in [0, 0.1) is 0 Å². The fraction of sp³-hybridized carbons (Fsp3) is 0.235. The first-order valence-corrected chi connectivity index (χ1v) is 8.53. The summed E-state index contributed by atoms with van der Waals surface area (Å²) in [5, 5.41) is 6.02. The van der Waals surface area contributed by atoms with Gasteiger partial charge in [-0.1, -0.05) is 17.7 Å². The number of rotatable bonds is 5. The van der Waals surface area contributed by atoms with Gasteiger partial charge in [0.05, 0.1) is 17.4 Å². The molecule has 0 aliphatic carbocycles. The maximum atomic E-state index is 12.9. The minimum absolute atomic E-state index is 0.0191. The molecule has 3 heterocycles. The predicted octanol–water partition coefficient (Wildman–Crippen LogP) is 4.56. The Morgan fingerprint density at radius 2 is 1.75 bits per heavy atom. The number of halogens is 4. The summed E-state index contributed by atoms with van der Waals surface area (Å²) in [6, 6.07) is 5.89. The van der Waals surface area contributed by atoms with Gasteiger partial charge in [0, 0.05) is 12.2 Å². The minimum Gasteiger partial charge on any atom is -0.352 e. The summed E-state index contributed by atoms with van der Waals surface area (Å²) in [6.45, 7) is 3.79. The van der Waals surface area contributed by atoms with Gasteiger partial charge in [0.15, 0.2) is 5.82 Å². The molecule has 3 aromatic heterocycles. The molecule has 0 aliphatic rings. The van der Waals surface area contributed by atoms with E-state index in [9.17, 15) is 13.2 Å². The van der Waals surface area contributed by atoms with Crippen LogP contribution in [0.2, 0.25) is 5.15 Å². The number of aromatic nitrogens is 5. The zero-order valence-corrected chi connectivity index (χ0v) is 15.5. The molecule has 0 spiro atoms. The number of alkyl halides is 3. The molecule has 0 radical (unpaired) electrons. The van der Waals surface area contributed by atoms with Crippen molar-refractivity contribution < 1.29 is 13.2 Å². The van der Waals surface area contributed by atoms with Gasteiger partial charge in [0.1, 0.15) is 10.8 Å². The highest BCUT2D eigenvalue weighted by molar-refractivity contribution is 6.29. The zero-order valence-electron chi connectivity index (χ0n) is 14.8. The molecule has 146 valence electrons. The molecule has 3 rings (SSSR count). The lowest BCUT2D eigenvalue weighted by Crippen LogP contribution is -2.15. The predicted molar refractivity (Wildman–Crippen MR) is 99.3 cm³/mol. The Labute approximate surface area is 163 Å². The Bertz CT molecular complexity index is 979. The van der Waals surface area contributed by atoms with E-state index >= 15 is 0 Å². The third-order valence-corrected chi connectivity index (χ3v) is 3.53. The molecular weight excluding hydrogens is 395 g/mol. The first kappa shape index (κ1) is 19.7. The van der Waals surface area contributed by atoms with Gasteiger partial charge in [-0.05, 0) is 32.0 Å². The lowest BCUT2D eigenvalue weighted by molar-refractivity contribution is -0.137. The number of nitrogens with zero attached hydrogens (tertiary/aromatic N) is 5. The summed E-state index contributed by atoms with van der Waals surface area (Å²) < 4.78 is 38.7. The Balaban J connectivity index is 1.99. The molecule has 0 atom stereocenters. The van der Waals surface area contributed by atoms with Crippen LogP contribution in [-0.2, 0) is 6.18 Å². The van der Waals surface area contributed by atoms with Crippen molar-refractivity contribution in [1.82, 2.24) is 24.9 Å². The molecule has 2 N–H and O–H groups in total. The molecule has 0 fully saturated rings. The SMILES string of the molecule is CC(C)Nc1nc(Nc2cncc(C(F)(F)F)c2)nc(-c2cccc(Cl)n2)n1. The highest BCUT2D eigenvalue weighted by Gasteiger charge is 2.31. The van der Waals surface area contributed by atoms with E-state index in [1.54, 1.807) is 18.2 Å². The van der Waals surface area contributed by atoms with E-state index < -0.39 is 11.7 Å². The van der Waals surface area contributed by atoms with Crippen molar-refractivity contribution in [3.8, 4) is 11.5 Å². The van der Waals surface area contributed by atoms with Gasteiger partial charge < -0.3 is 10.6 Å². The number of hydrogen-bond acceptors (Lipinski definition) is 7. The maximum absolute atomic E-state index is 12.9. The standard InChI is InChI=1S/C17H15ClF3N7/c1-9(2)23-15-26-14(12-4-3-5-13(18)25-12)27-16(28-15)24-11-6-10(7-22-8-11)17(19,20)21/h3-9H,1-2H3,(H2,23,24,26,27,28). The second kappa shape index (κ2) is 7.93. The summed E-state index contributed by atoms with van der Waals surface area (Å²) in [7, 11) is 0. The summed E-state index contributed by atoms with van der Waals surface area (Å²) >= 11 is 5.92. The Morgan fingerprint density at radius 1 is 1.00 bits per heavy atom. The van der Waals surface area contributed by atoms with E-state index in [0.717, 1.165) is 12.3 Å². The first-order chi connectivity index (χ1) is 13.2. The third-order valence-electron chi connectivity index (χ3n) is 3.32. The fourth-order valence-electron chi connectivity index (χ4n) is 2.19. The van der Waals surface area contributed by atoms with Crippen LogP contribution >= 0.6 is 11.6 Å². The molecule has 0 aliphatic heterocycles. The number of anilines is 3. The van der Waals surface area contributed by atoms with Crippen molar-refractivity contribution in [1.29, 1.82) is 0 Å². The molecule has 28 heavy (non-hydrogen) atoms. The highest BCUT2D eigenvalue weighted by Crippen LogP contribution is 2.30. The van der Waals surface area contributed by atoms with Gasteiger partial charge in [-0.25, -0.2) is 4.98 Å². The van der Waals surface area contributed by atoms with Crippen LogP contribution in [0.4, 0.5) is 30.8 Å². The lowest BCUT2D eigenvalue weighted by Gasteiger charge is -2.13. The summed E-state index contributed by atoms with van der Waals surface area (Å²) in [5.74, 6) is 0.489. The zero-order chi connectivity index (χ0) is 20.3. The van der Waals surface area contributed by atoms with Gasteiger partial charge in [0.25, 0.3) is 0 Å². The summed E-state index contributed by atoms with van der Waals surface area (Å²) in [4.78, 5) is 20.5. The Hall–Kier alpha value is -3.01. The molecule has 0 saturated heterocycles. The Kier molecular flexibility index (Phi) is 5.59. The number of nitrogens with one attached hydrogen (secondary N) is 2. The molecule has 11 heteroatoms. The van der Waals surface area contributed by atoms with E-state index in [2.05, 4.69) is 35.6 Å². The highest BCUT2D eigenvalue weighted by atomic mass is 35.5. The topological polar surface area (TPSA) is 88.5 Å². The van der Waals surface area contributed by atoms with Gasteiger partial charge >= 0.3 is 6.18 Å². The molecule has 7 nitrogen and oxygen atoms in total. The number of pyridine rings is 2. The second-order valence-electron chi connectivity index (χ2n) is 6.04. The van der Waals surface area contributed by atoms with Gasteiger partial charge in [-0.3, -0.25) is 4.98 Å². The van der Waals surface area contributed by atoms with Crippen LogP contribution in [0.1, 0.15) is 19.4 Å². The van der Waals surface area contributed by atoms with E-state index in [1.165, 1.54) is 6.20 Å². The van der Waals surface area contributed by atoms with E-state index in [1.807, 2.05) is 13.8 Å². The summed E-state index contributed by atoms with van der Waals surface area (Å²) in [5.41, 5.74) is -0.405. The molecule has 3 aromatic rings. The van der Waals surface area contributed by atoms with Crippen LogP contribution in [0.3, 0.4) is 0 Å². The average Bonchev–Trinajstić information content (AvgIpc) is 2.60. The molecule has 0 amide bonds. The molecular formula is C17H15ClF3N7. The smallest absolute Gasteiger partial charge is 0.352 e. The van der Waals surface area contributed by atoms with Crippen molar-refractivity contribution >= 4 is 29.2 Å². The third kappa shape index (κ3) is 5.03. The van der Waals surface area contributed by atoms with Crippen LogP contribution in [0.15, 0.2) is 36.7 Å². The van der Waals surface area contributed by atoms with Crippen molar-refractivity contribution in [2.75, 3.05) is 10.6 Å². The van der Waals surface area contributed by atoms with Crippen molar-refractivity contribution in [3.63, 3.8) is 0 Å². The van der Waals surface area contributed by atoms with E-state index in [-0.39, 0.29) is 34.6 Å². The maximum Gasteiger partial charge on any atom is 0.417 e. The quantitative estimate of drug-likeness (QED) is 0.597. The van der Waals surface area contributed by atoms with Crippen LogP contribution < -0.4 is 10.6 Å². The molecule has 0 saturated carbocycles. The fourth-order valence-corrected chi connectivity index (χ4v) is 2.36. The minimum atomic E-state index is -4.51. The van der Waals surface area contributed by atoms with Crippen LogP contribution in [0.5, 0.6) is 0 Å².